The molecule has 0 aliphatic carbocycles. The third-order valence-electron chi connectivity index (χ3n) is 9.73. The van der Waals surface area contributed by atoms with Gasteiger partial charge in [0.25, 0.3) is 5.91 Å². The lowest BCUT2D eigenvalue weighted by atomic mass is 9.92. The maximum absolute atomic E-state index is 13.9. The van der Waals surface area contributed by atoms with E-state index in [-0.39, 0.29) is 31.9 Å². The predicted molar refractivity (Wildman–Crippen MR) is 215 cm³/mol. The maximum Gasteiger partial charge on any atom is 0.411 e. The van der Waals surface area contributed by atoms with E-state index in [2.05, 4.69) is 10.6 Å². The summed E-state index contributed by atoms with van der Waals surface area (Å²) in [5.41, 5.74) is 5.96. The number of nitrogens with one attached hydrogen (secondary N) is 2. The summed E-state index contributed by atoms with van der Waals surface area (Å²) in [6.45, 7) is 3.66. The van der Waals surface area contributed by atoms with Crippen molar-refractivity contribution in [2.75, 3.05) is 5.32 Å². The molecule has 3 amide bonds. The van der Waals surface area contributed by atoms with Gasteiger partial charge in [0.2, 0.25) is 12.0 Å². The first-order chi connectivity index (χ1) is 27.4. The number of carboxylic acid groups (broad SMARTS) is 1. The average molecular weight is 809 g/mol. The molecule has 0 spiro atoms. The molecule has 11 nitrogen and oxygen atoms in total. The van der Waals surface area contributed by atoms with Crippen molar-refractivity contribution >= 4 is 52.8 Å². The molecule has 0 saturated heterocycles. The monoisotopic (exact) mass is 807 g/mol. The minimum atomic E-state index is -1.26. The molecule has 7 rings (SSSR count). The Labute approximate surface area is 339 Å². The molecule has 0 fully saturated rings. The number of ether oxygens (including phenoxy) is 3. The predicted octanol–water partition coefficient (Wildman–Crippen LogP) is 8.40. The Morgan fingerprint density at radius 3 is 2.26 bits per heavy atom. The van der Waals surface area contributed by atoms with Gasteiger partial charge < -0.3 is 30.0 Å². The zero-order valence-electron chi connectivity index (χ0n) is 31.0. The number of nitrogens with zero attached hydrogens (tertiary/aromatic N) is 1. The van der Waals surface area contributed by atoms with E-state index in [9.17, 15) is 24.3 Å². The number of carbonyl (C=O) groups is 4. The fourth-order valence-electron chi connectivity index (χ4n) is 6.81. The van der Waals surface area contributed by atoms with E-state index in [1.807, 2.05) is 60.7 Å². The molecule has 0 radical (unpaired) electrons. The quantitative estimate of drug-likeness (QED) is 0.121. The van der Waals surface area contributed by atoms with Crippen LogP contribution in [0.2, 0.25) is 10.0 Å². The first kappa shape index (κ1) is 39.2. The number of carboxylic acids is 1. The highest BCUT2D eigenvalue weighted by Crippen LogP contribution is 2.40. The Bertz CT molecular complexity index is 2300. The highest BCUT2D eigenvalue weighted by molar-refractivity contribution is 6.42. The number of rotatable bonds is 11. The molecule has 3 unspecified atom stereocenters. The van der Waals surface area contributed by atoms with Crippen LogP contribution in [0.4, 0.5) is 10.5 Å². The maximum atomic E-state index is 13.9. The van der Waals surface area contributed by atoms with Crippen LogP contribution < -0.4 is 20.1 Å². The smallest absolute Gasteiger partial charge is 0.411 e. The summed E-state index contributed by atoms with van der Waals surface area (Å²) in [6.07, 6.45) is -2.08. The zero-order valence-corrected chi connectivity index (χ0v) is 32.6. The van der Waals surface area contributed by atoms with E-state index >= 15 is 0 Å². The van der Waals surface area contributed by atoms with E-state index in [1.54, 1.807) is 62.4 Å². The average Bonchev–Trinajstić information content (AvgIpc) is 3.20. The number of halogens is 2. The van der Waals surface area contributed by atoms with Crippen LogP contribution in [0.1, 0.15) is 47.8 Å². The molecule has 57 heavy (non-hydrogen) atoms. The Kier molecular flexibility index (Phi) is 11.7. The van der Waals surface area contributed by atoms with Crippen molar-refractivity contribution in [3.63, 3.8) is 0 Å². The molecular formula is C44H39Cl2N3O8. The van der Waals surface area contributed by atoms with Gasteiger partial charge in [0.15, 0.2) is 0 Å². The third kappa shape index (κ3) is 9.17. The van der Waals surface area contributed by atoms with Crippen molar-refractivity contribution in [2.45, 2.75) is 64.1 Å². The van der Waals surface area contributed by atoms with Crippen LogP contribution in [0.3, 0.4) is 0 Å². The number of anilines is 1. The first-order valence-electron chi connectivity index (χ1n) is 18.4. The summed E-state index contributed by atoms with van der Waals surface area (Å²) in [6, 6.07) is 30.6. The summed E-state index contributed by atoms with van der Waals surface area (Å²) in [4.78, 5) is 54.4. The standard InChI is InChI=1S/C44H39Cl2N3O8/c1-25(2)56-44(54)49-23-32-22-39-36(47-42(51)40(57-39)30-13-15-33(16-14-30)55-24-27-10-17-34(45)35(46)18-27)20-31(32)21-38(49)41(50)48-37(43(52)53)19-26-8-11-29(12-9-26)28-6-4-3-5-7-28/h3-18,20,22,25,37-38,40H,19,21,23-24H2,1-2H3,(H,47,51)(H,48,50)(H,52,53). The zero-order chi connectivity index (χ0) is 40.2. The second kappa shape index (κ2) is 17.0. The van der Waals surface area contributed by atoms with E-state index in [0.29, 0.717) is 43.9 Å². The molecule has 3 N–H and O–H groups in total. The molecule has 5 aromatic carbocycles. The SMILES string of the molecule is CC(C)OC(=O)N1Cc2cc3c(cc2CC1C(=O)NC(Cc1ccc(-c2ccccc2)cc1)C(=O)O)NC(=O)C(c1ccc(OCc2ccc(Cl)c(Cl)c2)cc1)O3. The number of fused-ring (bicyclic) bond motifs is 2. The lowest BCUT2D eigenvalue weighted by Crippen LogP contribution is -2.56. The van der Waals surface area contributed by atoms with E-state index < -0.39 is 42.3 Å². The number of carbonyl (C=O) groups excluding carboxylic acids is 3. The summed E-state index contributed by atoms with van der Waals surface area (Å²) in [7, 11) is 0. The number of amides is 3. The van der Waals surface area contributed by atoms with E-state index in [4.69, 9.17) is 37.4 Å². The summed E-state index contributed by atoms with van der Waals surface area (Å²) >= 11 is 12.1. The summed E-state index contributed by atoms with van der Waals surface area (Å²) in [5, 5.41) is 16.6. The van der Waals surface area contributed by atoms with E-state index in [1.165, 1.54) is 4.90 Å². The Hall–Kier alpha value is -6.04. The van der Waals surface area contributed by atoms with Gasteiger partial charge in [-0.05, 0) is 83.6 Å². The molecule has 2 heterocycles. The lowest BCUT2D eigenvalue weighted by Gasteiger charge is -2.37. The topological polar surface area (TPSA) is 144 Å². The second-order valence-corrected chi connectivity index (χ2v) is 15.0. The minimum absolute atomic E-state index is 0.0161. The van der Waals surface area contributed by atoms with Crippen LogP contribution in [0.5, 0.6) is 11.5 Å². The number of aliphatic carboxylic acids is 1. The van der Waals surface area contributed by atoms with E-state index in [0.717, 1.165) is 22.3 Å². The van der Waals surface area contributed by atoms with Crippen molar-refractivity contribution in [1.29, 1.82) is 0 Å². The van der Waals surface area contributed by atoms with Crippen LogP contribution in [-0.4, -0.2) is 52.1 Å². The lowest BCUT2D eigenvalue weighted by molar-refractivity contribution is -0.142. The van der Waals surface area contributed by atoms with Crippen molar-refractivity contribution in [3.8, 4) is 22.6 Å². The molecule has 2 aliphatic rings. The molecule has 2 aliphatic heterocycles. The molecule has 13 heteroatoms. The number of hydrogen-bond donors (Lipinski definition) is 3. The van der Waals surface area contributed by atoms with Crippen molar-refractivity contribution in [2.24, 2.45) is 0 Å². The van der Waals surface area contributed by atoms with Crippen LogP contribution >= 0.6 is 23.2 Å². The fraction of sp³-hybridized carbons (Fsp3) is 0.227. The molecule has 5 aromatic rings. The second-order valence-electron chi connectivity index (χ2n) is 14.2. The summed E-state index contributed by atoms with van der Waals surface area (Å²) < 4.78 is 17.6. The van der Waals surface area contributed by atoms with Gasteiger partial charge in [0, 0.05) is 18.4 Å². The van der Waals surface area contributed by atoms with Crippen LogP contribution in [0.15, 0.2) is 109 Å². The van der Waals surface area contributed by atoms with Gasteiger partial charge in [0.1, 0.15) is 30.2 Å². The van der Waals surface area contributed by atoms with Crippen LogP contribution in [-0.2, 0) is 45.1 Å². The highest BCUT2D eigenvalue weighted by Gasteiger charge is 2.39. The Balaban J connectivity index is 1.06. The molecular weight excluding hydrogens is 769 g/mol. The van der Waals surface area contributed by atoms with Gasteiger partial charge in [-0.3, -0.25) is 14.5 Å². The van der Waals surface area contributed by atoms with Crippen LogP contribution in [0, 0.1) is 0 Å². The molecule has 0 saturated carbocycles. The van der Waals surface area contributed by atoms with Crippen molar-refractivity contribution in [3.05, 3.63) is 147 Å². The molecule has 0 aromatic heterocycles. The molecule has 0 bridgehead atoms. The van der Waals surface area contributed by atoms with Gasteiger partial charge in [-0.15, -0.1) is 0 Å². The fourth-order valence-corrected chi connectivity index (χ4v) is 7.13. The van der Waals surface area contributed by atoms with Gasteiger partial charge in [0.05, 0.1) is 28.4 Å². The third-order valence-corrected chi connectivity index (χ3v) is 10.5. The Morgan fingerprint density at radius 1 is 0.877 bits per heavy atom. The van der Waals surface area contributed by atoms with Gasteiger partial charge in [-0.25, -0.2) is 9.59 Å². The van der Waals surface area contributed by atoms with Crippen LogP contribution in [0.25, 0.3) is 11.1 Å². The van der Waals surface area contributed by atoms with Crippen molar-refractivity contribution < 1.29 is 38.5 Å². The Morgan fingerprint density at radius 2 is 1.58 bits per heavy atom. The summed E-state index contributed by atoms with van der Waals surface area (Å²) in [5.74, 6) is -1.27. The number of benzene rings is 5. The minimum Gasteiger partial charge on any atom is -0.489 e. The first-order valence-corrected chi connectivity index (χ1v) is 19.1. The van der Waals surface area contributed by atoms with Gasteiger partial charge in [-0.1, -0.05) is 96.0 Å². The molecule has 292 valence electrons. The highest BCUT2D eigenvalue weighted by atomic mass is 35.5. The largest absolute Gasteiger partial charge is 0.489 e. The van der Waals surface area contributed by atoms with Gasteiger partial charge >= 0.3 is 12.1 Å². The molecule has 3 atom stereocenters. The van der Waals surface area contributed by atoms with Gasteiger partial charge in [-0.2, -0.15) is 0 Å². The number of hydrogen-bond acceptors (Lipinski definition) is 7. The van der Waals surface area contributed by atoms with Crippen molar-refractivity contribution in [1.82, 2.24) is 10.2 Å². The normalized spacial score (nSPS) is 16.4.